The maximum Gasteiger partial charge on any atom is 0.258 e. The van der Waals surface area contributed by atoms with E-state index in [-0.39, 0.29) is 30.0 Å². The van der Waals surface area contributed by atoms with Crippen LogP contribution in [-0.4, -0.2) is 25.6 Å². The standard InChI is InChI=1S/C21H17ClFN5O2/c1-12-3-8-16(9-17(12)22)25-19(29)11-28-10-18(24-13(28)2)20-26-21(30-27-20)14-4-6-15(23)7-5-14/h3-10H,11H2,1-2H3,(H,25,29). The first-order chi connectivity index (χ1) is 14.4. The molecule has 0 spiro atoms. The van der Waals surface area contributed by atoms with Crippen molar-refractivity contribution in [2.24, 2.45) is 0 Å². The number of hydrogen-bond donors (Lipinski definition) is 1. The van der Waals surface area contributed by atoms with Crippen molar-refractivity contribution in [1.82, 2.24) is 19.7 Å². The van der Waals surface area contributed by atoms with Crippen LogP contribution in [0.3, 0.4) is 0 Å². The molecule has 4 aromatic rings. The molecule has 1 amide bonds. The minimum Gasteiger partial charge on any atom is -0.334 e. The van der Waals surface area contributed by atoms with E-state index in [1.807, 2.05) is 13.0 Å². The first kappa shape index (κ1) is 19.8. The summed E-state index contributed by atoms with van der Waals surface area (Å²) in [5, 5.41) is 7.33. The smallest absolute Gasteiger partial charge is 0.258 e. The van der Waals surface area contributed by atoms with Crippen molar-refractivity contribution in [1.29, 1.82) is 0 Å². The van der Waals surface area contributed by atoms with Crippen molar-refractivity contribution >= 4 is 23.2 Å². The number of hydrogen-bond acceptors (Lipinski definition) is 5. The van der Waals surface area contributed by atoms with Crippen LogP contribution < -0.4 is 5.32 Å². The van der Waals surface area contributed by atoms with E-state index in [1.54, 1.807) is 42.0 Å². The zero-order valence-corrected chi connectivity index (χ0v) is 16.9. The maximum atomic E-state index is 13.1. The van der Waals surface area contributed by atoms with Gasteiger partial charge >= 0.3 is 0 Å². The van der Waals surface area contributed by atoms with Crippen LogP contribution in [0.25, 0.3) is 23.0 Å². The molecule has 4 rings (SSSR count). The summed E-state index contributed by atoms with van der Waals surface area (Å²) in [6.07, 6.45) is 1.68. The van der Waals surface area contributed by atoms with E-state index in [2.05, 4.69) is 20.4 Å². The summed E-state index contributed by atoms with van der Waals surface area (Å²) in [5.41, 5.74) is 2.62. The Bertz CT molecular complexity index is 1220. The van der Waals surface area contributed by atoms with Gasteiger partial charge in [-0.15, -0.1) is 0 Å². The van der Waals surface area contributed by atoms with E-state index in [0.29, 0.717) is 27.8 Å². The molecule has 0 saturated carbocycles. The van der Waals surface area contributed by atoms with Gasteiger partial charge in [-0.3, -0.25) is 4.79 Å². The number of nitrogens with one attached hydrogen (secondary N) is 1. The highest BCUT2D eigenvalue weighted by molar-refractivity contribution is 6.31. The normalized spacial score (nSPS) is 10.9. The fourth-order valence-electron chi connectivity index (χ4n) is 2.84. The number of anilines is 1. The van der Waals surface area contributed by atoms with Gasteiger partial charge in [-0.25, -0.2) is 9.37 Å². The third-order valence-corrected chi connectivity index (χ3v) is 4.90. The van der Waals surface area contributed by atoms with Crippen molar-refractivity contribution in [2.45, 2.75) is 20.4 Å². The monoisotopic (exact) mass is 425 g/mol. The summed E-state index contributed by atoms with van der Waals surface area (Å²) in [4.78, 5) is 21.1. The average molecular weight is 426 g/mol. The lowest BCUT2D eigenvalue weighted by molar-refractivity contribution is -0.116. The molecule has 7 nitrogen and oxygen atoms in total. The van der Waals surface area contributed by atoms with Crippen molar-refractivity contribution in [3.63, 3.8) is 0 Å². The lowest BCUT2D eigenvalue weighted by atomic mass is 10.2. The van der Waals surface area contributed by atoms with Gasteiger partial charge in [0, 0.05) is 22.5 Å². The second kappa shape index (κ2) is 8.08. The van der Waals surface area contributed by atoms with E-state index >= 15 is 0 Å². The van der Waals surface area contributed by atoms with Crippen molar-refractivity contribution < 1.29 is 13.7 Å². The molecular weight excluding hydrogens is 409 g/mol. The van der Waals surface area contributed by atoms with Crippen LogP contribution in [-0.2, 0) is 11.3 Å². The van der Waals surface area contributed by atoms with Crippen LogP contribution in [0, 0.1) is 19.7 Å². The van der Waals surface area contributed by atoms with Crippen molar-refractivity contribution in [3.05, 3.63) is 70.9 Å². The molecule has 0 aliphatic carbocycles. The Morgan fingerprint density at radius 3 is 2.67 bits per heavy atom. The molecule has 0 atom stereocenters. The summed E-state index contributed by atoms with van der Waals surface area (Å²) >= 11 is 6.10. The molecule has 0 saturated heterocycles. The number of amides is 1. The van der Waals surface area contributed by atoms with Gasteiger partial charge in [-0.1, -0.05) is 22.8 Å². The van der Waals surface area contributed by atoms with Crippen LogP contribution in [0.5, 0.6) is 0 Å². The quantitative estimate of drug-likeness (QED) is 0.503. The van der Waals surface area contributed by atoms with Gasteiger partial charge in [0.2, 0.25) is 11.7 Å². The van der Waals surface area contributed by atoms with Gasteiger partial charge in [-0.2, -0.15) is 4.98 Å². The van der Waals surface area contributed by atoms with Gasteiger partial charge in [0.1, 0.15) is 23.9 Å². The molecule has 0 bridgehead atoms. The number of aryl methyl sites for hydroxylation is 2. The van der Waals surface area contributed by atoms with E-state index < -0.39 is 0 Å². The fraction of sp³-hybridized carbons (Fsp3) is 0.143. The van der Waals surface area contributed by atoms with Crippen LogP contribution in [0.4, 0.5) is 10.1 Å². The van der Waals surface area contributed by atoms with E-state index in [0.717, 1.165) is 5.56 Å². The van der Waals surface area contributed by atoms with Gasteiger partial charge < -0.3 is 14.4 Å². The number of nitrogens with zero attached hydrogens (tertiary/aromatic N) is 4. The summed E-state index contributed by atoms with van der Waals surface area (Å²) in [6, 6.07) is 11.1. The minimum absolute atomic E-state index is 0.0625. The van der Waals surface area contributed by atoms with Gasteiger partial charge in [0.25, 0.3) is 5.89 Å². The third kappa shape index (κ3) is 4.23. The number of carbonyl (C=O) groups is 1. The molecule has 0 aliphatic rings. The highest BCUT2D eigenvalue weighted by atomic mass is 35.5. The van der Waals surface area contributed by atoms with E-state index in [4.69, 9.17) is 16.1 Å². The zero-order chi connectivity index (χ0) is 21.3. The van der Waals surface area contributed by atoms with Crippen molar-refractivity contribution in [2.75, 3.05) is 5.32 Å². The number of benzene rings is 2. The Kier molecular flexibility index (Phi) is 5.33. The summed E-state index contributed by atoms with van der Waals surface area (Å²) < 4.78 is 20.0. The Morgan fingerprint density at radius 1 is 1.17 bits per heavy atom. The lowest BCUT2D eigenvalue weighted by Crippen LogP contribution is -2.19. The summed E-state index contributed by atoms with van der Waals surface area (Å²) in [6.45, 7) is 3.73. The zero-order valence-electron chi connectivity index (χ0n) is 16.2. The van der Waals surface area contributed by atoms with Crippen molar-refractivity contribution in [3.8, 4) is 23.0 Å². The van der Waals surface area contributed by atoms with E-state index in [9.17, 15) is 9.18 Å². The summed E-state index contributed by atoms with van der Waals surface area (Å²) in [5.74, 6) is 0.587. The van der Waals surface area contributed by atoms with Gasteiger partial charge in [-0.05, 0) is 55.8 Å². The molecule has 30 heavy (non-hydrogen) atoms. The van der Waals surface area contributed by atoms with Gasteiger partial charge in [0.05, 0.1) is 0 Å². The molecule has 0 radical (unpaired) electrons. The fourth-order valence-corrected chi connectivity index (χ4v) is 3.02. The number of carbonyl (C=O) groups excluding carboxylic acids is 1. The average Bonchev–Trinajstić information content (AvgIpc) is 3.33. The predicted molar refractivity (Wildman–Crippen MR) is 110 cm³/mol. The van der Waals surface area contributed by atoms with E-state index in [1.165, 1.54) is 12.1 Å². The lowest BCUT2D eigenvalue weighted by Gasteiger charge is -2.08. The highest BCUT2D eigenvalue weighted by Gasteiger charge is 2.16. The minimum atomic E-state index is -0.348. The first-order valence-corrected chi connectivity index (χ1v) is 9.46. The Hall–Kier alpha value is -3.52. The number of aromatic nitrogens is 4. The Morgan fingerprint density at radius 2 is 1.93 bits per heavy atom. The molecular formula is C21H17ClFN5O2. The number of imidazole rings is 1. The molecule has 152 valence electrons. The largest absolute Gasteiger partial charge is 0.334 e. The topological polar surface area (TPSA) is 85.8 Å². The second-order valence-corrected chi connectivity index (χ2v) is 7.15. The van der Waals surface area contributed by atoms with Crippen LogP contribution in [0.1, 0.15) is 11.4 Å². The highest BCUT2D eigenvalue weighted by Crippen LogP contribution is 2.23. The molecule has 2 aromatic heterocycles. The maximum absolute atomic E-state index is 13.1. The second-order valence-electron chi connectivity index (χ2n) is 6.74. The molecule has 0 unspecified atom stereocenters. The summed E-state index contributed by atoms with van der Waals surface area (Å²) in [7, 11) is 0. The molecule has 1 N–H and O–H groups in total. The van der Waals surface area contributed by atoms with Gasteiger partial charge in [0.15, 0.2) is 0 Å². The SMILES string of the molecule is Cc1ccc(NC(=O)Cn2cc(-c3noc(-c4ccc(F)cc4)n3)nc2C)cc1Cl. The molecule has 0 fully saturated rings. The molecule has 2 heterocycles. The molecule has 9 heteroatoms. The Balaban J connectivity index is 1.48. The Labute approximate surface area is 176 Å². The van der Waals surface area contributed by atoms with Crippen LogP contribution in [0.15, 0.2) is 53.2 Å². The first-order valence-electron chi connectivity index (χ1n) is 9.09. The third-order valence-electron chi connectivity index (χ3n) is 4.49. The number of halogens is 2. The molecule has 0 aliphatic heterocycles. The molecule has 2 aromatic carbocycles. The van der Waals surface area contributed by atoms with Crippen LogP contribution >= 0.6 is 11.6 Å². The van der Waals surface area contributed by atoms with Crippen LogP contribution in [0.2, 0.25) is 5.02 Å². The predicted octanol–water partition coefficient (Wildman–Crippen LogP) is 4.65. The number of rotatable bonds is 5.